The summed E-state index contributed by atoms with van der Waals surface area (Å²) in [5, 5.41) is 3.69. The lowest BCUT2D eigenvalue weighted by Gasteiger charge is -2.39. The second-order valence-corrected chi connectivity index (χ2v) is 7.66. The van der Waals surface area contributed by atoms with Crippen LogP contribution in [0.15, 0.2) is 0 Å². The molecule has 0 aliphatic heterocycles. The maximum atomic E-state index is 3.69. The minimum Gasteiger partial charge on any atom is -0.313 e. The van der Waals surface area contributed by atoms with E-state index in [0.717, 1.165) is 18.0 Å². The van der Waals surface area contributed by atoms with E-state index in [-0.39, 0.29) is 0 Å². The van der Waals surface area contributed by atoms with Crippen LogP contribution in [-0.4, -0.2) is 37.1 Å². The predicted molar refractivity (Wildman–Crippen MR) is 78.9 cm³/mol. The molecule has 0 amide bonds. The Hall–Kier alpha value is -0.0800. The van der Waals surface area contributed by atoms with Crippen molar-refractivity contribution in [3.8, 4) is 0 Å². The fourth-order valence-electron chi connectivity index (χ4n) is 3.37. The van der Waals surface area contributed by atoms with E-state index in [1.807, 2.05) is 0 Å². The van der Waals surface area contributed by atoms with Gasteiger partial charge in [0.1, 0.15) is 0 Å². The molecule has 2 atom stereocenters. The molecule has 0 aromatic rings. The van der Waals surface area contributed by atoms with Crippen LogP contribution < -0.4 is 5.32 Å². The maximum Gasteiger partial charge on any atom is 0.00949 e. The third kappa shape index (κ3) is 4.55. The maximum absolute atomic E-state index is 3.69. The highest BCUT2D eigenvalue weighted by molar-refractivity contribution is 4.86. The standard InChI is InChI=1S/C16H32N2/c1-13-6-5-7-15(10-13)18(4)12-16(2,3)11-17-14-8-9-14/h13-15,17H,5-12H2,1-4H3. The highest BCUT2D eigenvalue weighted by Crippen LogP contribution is 2.29. The summed E-state index contributed by atoms with van der Waals surface area (Å²) >= 11 is 0. The highest BCUT2D eigenvalue weighted by Gasteiger charge is 2.29. The average molecular weight is 252 g/mol. The summed E-state index contributed by atoms with van der Waals surface area (Å²) in [5.74, 6) is 0.930. The van der Waals surface area contributed by atoms with E-state index < -0.39 is 0 Å². The van der Waals surface area contributed by atoms with Crippen molar-refractivity contribution in [1.82, 2.24) is 10.2 Å². The summed E-state index contributed by atoms with van der Waals surface area (Å²) in [5.41, 5.74) is 0.401. The lowest BCUT2D eigenvalue weighted by molar-refractivity contribution is 0.115. The predicted octanol–water partition coefficient (Wildman–Crippen LogP) is 3.28. The molecular weight excluding hydrogens is 220 g/mol. The smallest absolute Gasteiger partial charge is 0.00949 e. The van der Waals surface area contributed by atoms with Crippen molar-refractivity contribution in [3.05, 3.63) is 0 Å². The second kappa shape index (κ2) is 5.92. The van der Waals surface area contributed by atoms with Crippen molar-refractivity contribution in [1.29, 1.82) is 0 Å². The van der Waals surface area contributed by atoms with E-state index in [1.165, 1.54) is 51.6 Å². The Labute approximate surface area is 114 Å². The molecule has 2 aliphatic carbocycles. The molecule has 2 saturated carbocycles. The van der Waals surface area contributed by atoms with Gasteiger partial charge in [0.15, 0.2) is 0 Å². The van der Waals surface area contributed by atoms with Crippen molar-refractivity contribution >= 4 is 0 Å². The Morgan fingerprint density at radius 2 is 1.89 bits per heavy atom. The van der Waals surface area contributed by atoms with Gasteiger partial charge in [-0.1, -0.05) is 33.6 Å². The van der Waals surface area contributed by atoms with Crippen LogP contribution in [-0.2, 0) is 0 Å². The molecule has 2 nitrogen and oxygen atoms in total. The second-order valence-electron chi connectivity index (χ2n) is 7.66. The molecule has 0 heterocycles. The first kappa shape index (κ1) is 14.3. The van der Waals surface area contributed by atoms with Crippen LogP contribution in [0.3, 0.4) is 0 Å². The van der Waals surface area contributed by atoms with Gasteiger partial charge in [0, 0.05) is 25.2 Å². The fraction of sp³-hybridized carbons (Fsp3) is 1.00. The Kier molecular flexibility index (Phi) is 4.71. The zero-order valence-corrected chi connectivity index (χ0v) is 12.8. The zero-order valence-electron chi connectivity index (χ0n) is 12.8. The Bertz CT molecular complexity index is 258. The molecule has 2 aliphatic rings. The lowest BCUT2D eigenvalue weighted by atomic mass is 9.85. The first-order valence-electron chi connectivity index (χ1n) is 7.90. The number of hydrogen-bond acceptors (Lipinski definition) is 2. The van der Waals surface area contributed by atoms with Crippen LogP contribution in [0.1, 0.15) is 59.3 Å². The van der Waals surface area contributed by atoms with Crippen molar-refractivity contribution in [3.63, 3.8) is 0 Å². The summed E-state index contributed by atoms with van der Waals surface area (Å²) < 4.78 is 0. The first-order chi connectivity index (χ1) is 8.46. The quantitative estimate of drug-likeness (QED) is 0.780. The topological polar surface area (TPSA) is 15.3 Å². The van der Waals surface area contributed by atoms with Gasteiger partial charge in [-0.15, -0.1) is 0 Å². The number of rotatable bonds is 6. The molecule has 2 rings (SSSR count). The third-order valence-electron chi connectivity index (χ3n) is 4.66. The fourth-order valence-corrected chi connectivity index (χ4v) is 3.37. The molecule has 0 aromatic heterocycles. The molecule has 0 saturated heterocycles. The Balaban J connectivity index is 1.75. The monoisotopic (exact) mass is 252 g/mol. The van der Waals surface area contributed by atoms with E-state index in [9.17, 15) is 0 Å². The summed E-state index contributed by atoms with van der Waals surface area (Å²) in [6.07, 6.45) is 8.47. The van der Waals surface area contributed by atoms with E-state index in [2.05, 4.69) is 38.0 Å². The van der Waals surface area contributed by atoms with Crippen molar-refractivity contribution in [2.75, 3.05) is 20.1 Å². The van der Waals surface area contributed by atoms with E-state index >= 15 is 0 Å². The molecule has 2 heteroatoms. The molecule has 2 fully saturated rings. The van der Waals surface area contributed by atoms with Crippen LogP contribution in [0.25, 0.3) is 0 Å². The molecule has 106 valence electrons. The lowest BCUT2D eigenvalue weighted by Crippen LogP contribution is -2.44. The zero-order chi connectivity index (χ0) is 13.2. The summed E-state index contributed by atoms with van der Waals surface area (Å²) in [7, 11) is 2.33. The Morgan fingerprint density at radius 3 is 2.50 bits per heavy atom. The van der Waals surface area contributed by atoms with Gasteiger partial charge in [0.25, 0.3) is 0 Å². The normalized spacial score (nSPS) is 29.8. The molecular formula is C16H32N2. The average Bonchev–Trinajstić information content (AvgIpc) is 3.10. The van der Waals surface area contributed by atoms with Gasteiger partial charge in [-0.3, -0.25) is 0 Å². The van der Waals surface area contributed by atoms with E-state index in [4.69, 9.17) is 0 Å². The minimum absolute atomic E-state index is 0.401. The van der Waals surface area contributed by atoms with Crippen LogP contribution >= 0.6 is 0 Å². The molecule has 1 N–H and O–H groups in total. The van der Waals surface area contributed by atoms with E-state index in [0.29, 0.717) is 5.41 Å². The first-order valence-corrected chi connectivity index (χ1v) is 7.90. The van der Waals surface area contributed by atoms with Gasteiger partial charge in [0.2, 0.25) is 0 Å². The van der Waals surface area contributed by atoms with Crippen LogP contribution in [0.5, 0.6) is 0 Å². The van der Waals surface area contributed by atoms with Crippen molar-refractivity contribution in [2.45, 2.75) is 71.4 Å². The summed E-state index contributed by atoms with van der Waals surface area (Å²) in [6, 6.07) is 1.67. The van der Waals surface area contributed by atoms with Gasteiger partial charge in [-0.2, -0.15) is 0 Å². The molecule has 0 aromatic carbocycles. The number of nitrogens with zero attached hydrogens (tertiary/aromatic N) is 1. The molecule has 0 radical (unpaired) electrons. The summed E-state index contributed by atoms with van der Waals surface area (Å²) in [4.78, 5) is 2.63. The van der Waals surface area contributed by atoms with E-state index in [1.54, 1.807) is 0 Å². The highest BCUT2D eigenvalue weighted by atomic mass is 15.1. The Morgan fingerprint density at radius 1 is 1.17 bits per heavy atom. The number of nitrogens with one attached hydrogen (secondary N) is 1. The van der Waals surface area contributed by atoms with Crippen molar-refractivity contribution < 1.29 is 0 Å². The molecule has 0 spiro atoms. The van der Waals surface area contributed by atoms with Crippen LogP contribution in [0.2, 0.25) is 0 Å². The van der Waals surface area contributed by atoms with Gasteiger partial charge in [-0.25, -0.2) is 0 Å². The van der Waals surface area contributed by atoms with Gasteiger partial charge in [0.05, 0.1) is 0 Å². The summed E-state index contributed by atoms with van der Waals surface area (Å²) in [6.45, 7) is 9.63. The molecule has 2 unspecified atom stereocenters. The number of hydrogen-bond donors (Lipinski definition) is 1. The SMILES string of the molecule is CC1CCCC(N(C)CC(C)(C)CNC2CC2)C1. The largest absolute Gasteiger partial charge is 0.313 e. The van der Waals surface area contributed by atoms with Crippen molar-refractivity contribution in [2.24, 2.45) is 11.3 Å². The molecule has 18 heavy (non-hydrogen) atoms. The van der Waals surface area contributed by atoms with Gasteiger partial charge < -0.3 is 10.2 Å². The van der Waals surface area contributed by atoms with Crippen LogP contribution in [0.4, 0.5) is 0 Å². The molecule has 0 bridgehead atoms. The van der Waals surface area contributed by atoms with Gasteiger partial charge >= 0.3 is 0 Å². The van der Waals surface area contributed by atoms with Crippen LogP contribution in [0, 0.1) is 11.3 Å². The third-order valence-corrected chi connectivity index (χ3v) is 4.66. The van der Waals surface area contributed by atoms with Gasteiger partial charge in [-0.05, 0) is 44.1 Å². The minimum atomic E-state index is 0.401.